The Labute approximate surface area is 510 Å². The van der Waals surface area contributed by atoms with Crippen molar-refractivity contribution in [3.63, 3.8) is 0 Å². The van der Waals surface area contributed by atoms with Crippen LogP contribution in [0.2, 0.25) is 0 Å². The Kier molecular flexibility index (Phi) is 67.8. The first-order chi connectivity index (χ1) is 40.3. The molecule has 488 valence electrons. The molecule has 0 aromatic rings. The molecule has 0 bridgehead atoms. The summed E-state index contributed by atoms with van der Waals surface area (Å²) >= 11 is 0. The zero-order chi connectivity index (χ0) is 59.4. The number of phosphoric acid groups is 1. The normalized spacial score (nSPS) is 12.9. The summed E-state index contributed by atoms with van der Waals surface area (Å²) in [5.74, 6) is -0.801. The Morgan fingerprint density at radius 1 is 0.354 bits per heavy atom. The summed E-state index contributed by atoms with van der Waals surface area (Å²) in [6, 6.07) is 0. The highest BCUT2D eigenvalue weighted by Gasteiger charge is 2.26. The molecule has 0 heterocycles. The van der Waals surface area contributed by atoms with Crippen LogP contribution in [0.4, 0.5) is 0 Å². The largest absolute Gasteiger partial charge is 0.472 e. The molecular weight excluding hydrogens is 1040 g/mol. The van der Waals surface area contributed by atoms with Crippen LogP contribution in [0, 0.1) is 0 Å². The van der Waals surface area contributed by atoms with Crippen LogP contribution in [-0.2, 0) is 32.7 Å². The van der Waals surface area contributed by atoms with E-state index >= 15 is 0 Å². The van der Waals surface area contributed by atoms with E-state index in [0.29, 0.717) is 6.42 Å². The molecule has 0 radical (unpaired) electrons. The molecular formula is C72H142NO8P. The first kappa shape index (κ1) is 80.8. The van der Waals surface area contributed by atoms with Gasteiger partial charge in [0, 0.05) is 19.4 Å². The molecule has 0 aliphatic carbocycles. The number of esters is 2. The average molecular weight is 1180 g/mol. The second-order valence-electron chi connectivity index (χ2n) is 25.2. The molecule has 2 unspecified atom stereocenters. The fourth-order valence-electron chi connectivity index (χ4n) is 11.5. The third-order valence-corrected chi connectivity index (χ3v) is 17.9. The minimum absolute atomic E-state index is 0.0573. The van der Waals surface area contributed by atoms with Crippen molar-refractivity contribution in [1.82, 2.24) is 0 Å². The summed E-state index contributed by atoms with van der Waals surface area (Å²) in [6.07, 6.45) is 83.4. The molecule has 0 aliphatic heterocycles. The Morgan fingerprint density at radius 2 is 0.598 bits per heavy atom. The lowest BCUT2D eigenvalue weighted by molar-refractivity contribution is -0.161. The first-order valence-electron chi connectivity index (χ1n) is 36.7. The van der Waals surface area contributed by atoms with Crippen molar-refractivity contribution < 1.29 is 37.6 Å². The zero-order valence-electron chi connectivity index (χ0n) is 55.0. The maximum absolute atomic E-state index is 12.8. The van der Waals surface area contributed by atoms with Gasteiger partial charge in [0.2, 0.25) is 0 Å². The van der Waals surface area contributed by atoms with E-state index in [1.165, 1.54) is 340 Å². The maximum atomic E-state index is 12.8. The van der Waals surface area contributed by atoms with Gasteiger partial charge in [0.15, 0.2) is 6.10 Å². The van der Waals surface area contributed by atoms with Crippen molar-refractivity contribution in [3.8, 4) is 0 Å². The quantitative estimate of drug-likeness (QED) is 0.0264. The number of hydrogen-bond acceptors (Lipinski definition) is 8. The number of hydrogen-bond donors (Lipinski definition) is 2. The average Bonchev–Trinajstić information content (AvgIpc) is 3.47. The van der Waals surface area contributed by atoms with Crippen LogP contribution >= 0.6 is 7.82 Å². The Bertz CT molecular complexity index is 1350. The summed E-state index contributed by atoms with van der Waals surface area (Å²) in [6.45, 7) is 3.83. The molecule has 10 heteroatoms. The van der Waals surface area contributed by atoms with Crippen molar-refractivity contribution in [2.24, 2.45) is 5.73 Å². The number of carbonyl (C=O) groups is 2. The fraction of sp³-hybridized carbons (Fsp3) is 0.944. The van der Waals surface area contributed by atoms with Crippen molar-refractivity contribution in [2.75, 3.05) is 26.4 Å². The van der Waals surface area contributed by atoms with Gasteiger partial charge in [-0.15, -0.1) is 0 Å². The van der Waals surface area contributed by atoms with E-state index in [9.17, 15) is 19.0 Å². The lowest BCUT2D eigenvalue weighted by atomic mass is 10.0. The van der Waals surface area contributed by atoms with Crippen LogP contribution in [0.3, 0.4) is 0 Å². The SMILES string of the molecule is CCCCCCCCCC/C=C\CCCCCCCCCCCCCCCC(=O)OC(COC(=O)CCCCCCCCCCCCCCCCCCCCCCCCCCCCCCCCCCCCCC)COP(=O)(O)OCCN. The van der Waals surface area contributed by atoms with Crippen molar-refractivity contribution in [1.29, 1.82) is 0 Å². The van der Waals surface area contributed by atoms with Gasteiger partial charge in [-0.2, -0.15) is 0 Å². The lowest BCUT2D eigenvalue weighted by Crippen LogP contribution is -2.29. The highest BCUT2D eigenvalue weighted by Crippen LogP contribution is 2.43. The number of nitrogens with two attached hydrogens (primary N) is 1. The van der Waals surface area contributed by atoms with E-state index in [4.69, 9.17) is 24.3 Å². The summed E-state index contributed by atoms with van der Waals surface area (Å²) < 4.78 is 33.2. The highest BCUT2D eigenvalue weighted by atomic mass is 31.2. The molecule has 0 aliphatic rings. The predicted octanol–water partition coefficient (Wildman–Crippen LogP) is 23.9. The summed E-state index contributed by atoms with van der Waals surface area (Å²) in [4.78, 5) is 35.4. The number of ether oxygens (including phenoxy) is 2. The molecule has 0 aromatic carbocycles. The van der Waals surface area contributed by atoms with E-state index in [0.717, 1.165) is 32.1 Å². The van der Waals surface area contributed by atoms with Crippen molar-refractivity contribution >= 4 is 19.8 Å². The van der Waals surface area contributed by atoms with Crippen molar-refractivity contribution in [3.05, 3.63) is 12.2 Å². The van der Waals surface area contributed by atoms with Gasteiger partial charge in [-0.1, -0.05) is 366 Å². The van der Waals surface area contributed by atoms with Crippen molar-refractivity contribution in [2.45, 2.75) is 412 Å². The molecule has 3 N–H and O–H groups in total. The van der Waals surface area contributed by atoms with Gasteiger partial charge >= 0.3 is 19.8 Å². The van der Waals surface area contributed by atoms with Gasteiger partial charge in [0.25, 0.3) is 0 Å². The third-order valence-electron chi connectivity index (χ3n) is 16.9. The van der Waals surface area contributed by atoms with Crippen LogP contribution in [-0.4, -0.2) is 49.3 Å². The topological polar surface area (TPSA) is 134 Å². The number of rotatable bonds is 71. The monoisotopic (exact) mass is 1180 g/mol. The van der Waals surface area contributed by atoms with E-state index in [1.807, 2.05) is 0 Å². The molecule has 0 saturated heterocycles. The molecule has 0 rings (SSSR count). The number of allylic oxidation sites excluding steroid dienone is 2. The number of phosphoric ester groups is 1. The molecule has 0 aromatic heterocycles. The highest BCUT2D eigenvalue weighted by molar-refractivity contribution is 7.47. The smallest absolute Gasteiger partial charge is 0.462 e. The second-order valence-corrected chi connectivity index (χ2v) is 26.6. The third kappa shape index (κ3) is 67.9. The summed E-state index contributed by atoms with van der Waals surface area (Å²) in [5, 5.41) is 0. The van der Waals surface area contributed by atoms with Gasteiger partial charge in [0.05, 0.1) is 13.2 Å². The van der Waals surface area contributed by atoms with Crippen LogP contribution in [0.1, 0.15) is 406 Å². The number of carbonyl (C=O) groups excluding carboxylic acids is 2. The second kappa shape index (κ2) is 68.9. The maximum Gasteiger partial charge on any atom is 0.472 e. The lowest BCUT2D eigenvalue weighted by Gasteiger charge is -2.19. The van der Waals surface area contributed by atoms with Crippen LogP contribution < -0.4 is 5.73 Å². The zero-order valence-corrected chi connectivity index (χ0v) is 55.9. The van der Waals surface area contributed by atoms with Gasteiger partial charge in [-0.3, -0.25) is 18.6 Å². The molecule has 0 amide bonds. The summed E-state index contributed by atoms with van der Waals surface area (Å²) in [7, 11) is -4.39. The minimum atomic E-state index is -4.39. The van der Waals surface area contributed by atoms with E-state index in [-0.39, 0.29) is 38.6 Å². The summed E-state index contributed by atoms with van der Waals surface area (Å²) in [5.41, 5.74) is 5.40. The van der Waals surface area contributed by atoms with Crippen LogP contribution in [0.15, 0.2) is 12.2 Å². The minimum Gasteiger partial charge on any atom is -0.462 e. The van der Waals surface area contributed by atoms with E-state index in [1.54, 1.807) is 0 Å². The van der Waals surface area contributed by atoms with Gasteiger partial charge in [-0.05, 0) is 38.5 Å². The first-order valence-corrected chi connectivity index (χ1v) is 38.2. The van der Waals surface area contributed by atoms with Crippen LogP contribution in [0.25, 0.3) is 0 Å². The molecule has 82 heavy (non-hydrogen) atoms. The molecule has 2 atom stereocenters. The number of unbranched alkanes of at least 4 members (excludes halogenated alkanes) is 56. The standard InChI is InChI=1S/C72H142NO8P/c1-3-5-7-9-11-13-15-17-19-21-23-25-27-29-30-31-32-33-34-35-36-37-38-39-41-42-44-46-48-50-52-54-56-58-60-62-64-71(74)78-68-70(69-80-82(76,77)79-67-66-73)81-72(75)65-63-61-59-57-55-53-51-49-47-45-43-40-28-26-24-22-20-18-16-14-12-10-8-6-4-2/h22,24,70H,3-21,23,25-69,73H2,1-2H3,(H,76,77)/b24-22-. The van der Waals surface area contributed by atoms with Gasteiger partial charge in [0.1, 0.15) is 6.61 Å². The predicted molar refractivity (Wildman–Crippen MR) is 354 cm³/mol. The van der Waals surface area contributed by atoms with Gasteiger partial charge in [-0.25, -0.2) is 4.57 Å². The van der Waals surface area contributed by atoms with E-state index < -0.39 is 26.5 Å². The van der Waals surface area contributed by atoms with Crippen LogP contribution in [0.5, 0.6) is 0 Å². The Balaban J connectivity index is 3.76. The molecule has 9 nitrogen and oxygen atoms in total. The Morgan fingerprint density at radius 3 is 0.866 bits per heavy atom. The molecule has 0 fully saturated rings. The fourth-order valence-corrected chi connectivity index (χ4v) is 12.2. The van der Waals surface area contributed by atoms with E-state index in [2.05, 4.69) is 26.0 Å². The molecule has 0 saturated carbocycles. The van der Waals surface area contributed by atoms with Gasteiger partial charge < -0.3 is 20.1 Å². The Hall–Kier alpha value is -1.25. The molecule has 0 spiro atoms.